The molecule has 0 saturated heterocycles. The van der Waals surface area contributed by atoms with Crippen molar-refractivity contribution < 1.29 is 9.53 Å². The van der Waals surface area contributed by atoms with Crippen LogP contribution in [0.2, 0.25) is 0 Å². The number of hydrogen-bond donors (Lipinski definition) is 1. The number of methoxy groups -OCH3 is 1. The highest BCUT2D eigenvalue weighted by atomic mass is 16.5. The molecule has 0 amide bonds. The lowest BCUT2D eigenvalue weighted by atomic mass is 10.1. The fourth-order valence-corrected chi connectivity index (χ4v) is 2.53. The summed E-state index contributed by atoms with van der Waals surface area (Å²) in [4.78, 5) is 14.1. The predicted octanol–water partition coefficient (Wildman–Crippen LogP) is 1.54. The molecule has 1 aromatic carbocycles. The molecule has 2 rings (SSSR count). The van der Waals surface area contributed by atoms with Gasteiger partial charge >= 0.3 is 5.97 Å². The molecule has 1 atom stereocenters. The van der Waals surface area contributed by atoms with E-state index in [-0.39, 0.29) is 18.1 Å². The quantitative estimate of drug-likeness (QED) is 0.817. The number of esters is 1. The second-order valence-electron chi connectivity index (χ2n) is 5.34. The Kier molecular flexibility index (Phi) is 4.56. The number of rotatable bonds is 5. The number of carbonyl (C=O) groups is 1. The molecule has 19 heavy (non-hydrogen) atoms. The zero-order valence-electron chi connectivity index (χ0n) is 11.8. The van der Waals surface area contributed by atoms with Crippen LogP contribution in [0.3, 0.4) is 0 Å². The Balaban J connectivity index is 1.98. The Morgan fingerprint density at radius 3 is 2.37 bits per heavy atom. The topological polar surface area (TPSA) is 41.6 Å². The van der Waals surface area contributed by atoms with Crippen LogP contribution >= 0.6 is 0 Å². The number of ether oxygens (including phenoxy) is 1. The summed E-state index contributed by atoms with van der Waals surface area (Å²) < 4.78 is 4.87. The summed E-state index contributed by atoms with van der Waals surface area (Å²) in [5.41, 5.74) is 2.71. The zero-order valence-corrected chi connectivity index (χ0v) is 11.8. The summed E-state index contributed by atoms with van der Waals surface area (Å²) in [6, 6.07) is 8.42. The Hall–Kier alpha value is -1.39. The van der Waals surface area contributed by atoms with Gasteiger partial charge < -0.3 is 10.1 Å². The van der Waals surface area contributed by atoms with Gasteiger partial charge in [0.2, 0.25) is 0 Å². The molecule has 1 aromatic rings. The fourth-order valence-electron chi connectivity index (χ4n) is 2.53. The lowest BCUT2D eigenvalue weighted by Crippen LogP contribution is -2.48. The van der Waals surface area contributed by atoms with E-state index < -0.39 is 0 Å². The monoisotopic (exact) mass is 262 g/mol. The molecule has 0 spiro atoms. The minimum Gasteiger partial charge on any atom is -0.468 e. The molecule has 0 bridgehead atoms. The number of fused-ring (bicyclic) bond motifs is 1. The summed E-state index contributed by atoms with van der Waals surface area (Å²) in [5.74, 6) is -0.190. The molecule has 0 aromatic heterocycles. The highest BCUT2D eigenvalue weighted by Gasteiger charge is 2.26. The van der Waals surface area contributed by atoms with Crippen LogP contribution in [-0.2, 0) is 22.6 Å². The molecule has 1 aliphatic rings. The number of nitrogens with zero attached hydrogens (tertiary/aromatic N) is 1. The zero-order chi connectivity index (χ0) is 13.8. The van der Waals surface area contributed by atoms with Gasteiger partial charge in [0.05, 0.1) is 7.11 Å². The van der Waals surface area contributed by atoms with Crippen molar-refractivity contribution in [3.05, 3.63) is 35.4 Å². The maximum absolute atomic E-state index is 11.8. The molecule has 0 fully saturated rings. The lowest BCUT2D eigenvalue weighted by molar-refractivity contribution is -0.143. The molecular formula is C15H22N2O2. The fraction of sp³-hybridized carbons (Fsp3) is 0.533. The second kappa shape index (κ2) is 6.17. The van der Waals surface area contributed by atoms with Crippen LogP contribution in [0.5, 0.6) is 0 Å². The normalized spacial score (nSPS) is 16.4. The van der Waals surface area contributed by atoms with Crippen molar-refractivity contribution in [2.45, 2.75) is 39.0 Å². The van der Waals surface area contributed by atoms with E-state index in [2.05, 4.69) is 34.5 Å². The van der Waals surface area contributed by atoms with Crippen molar-refractivity contribution in [1.82, 2.24) is 10.2 Å². The number of hydrogen-bond acceptors (Lipinski definition) is 4. The standard InChI is InChI=1S/C15H22N2O2/c1-11(2)16-14(15(18)19-3)10-17-8-12-6-4-5-7-13(12)9-17/h4-7,11,14,16H,8-10H2,1-3H3. The first-order chi connectivity index (χ1) is 9.10. The van der Waals surface area contributed by atoms with Gasteiger partial charge in [0.15, 0.2) is 0 Å². The van der Waals surface area contributed by atoms with Gasteiger partial charge in [-0.1, -0.05) is 38.1 Å². The summed E-state index contributed by atoms with van der Waals surface area (Å²) in [7, 11) is 1.44. The molecule has 0 saturated carbocycles. The maximum atomic E-state index is 11.8. The SMILES string of the molecule is COC(=O)C(CN1Cc2ccccc2C1)NC(C)C. The van der Waals surface area contributed by atoms with E-state index in [1.807, 2.05) is 13.8 Å². The van der Waals surface area contributed by atoms with Crippen LogP contribution in [0.15, 0.2) is 24.3 Å². The van der Waals surface area contributed by atoms with E-state index in [0.29, 0.717) is 6.54 Å². The number of nitrogens with one attached hydrogen (secondary N) is 1. The lowest BCUT2D eigenvalue weighted by Gasteiger charge is -2.24. The molecule has 1 heterocycles. The van der Waals surface area contributed by atoms with Crippen LogP contribution in [0, 0.1) is 0 Å². The third-order valence-corrected chi connectivity index (χ3v) is 3.37. The predicted molar refractivity (Wildman–Crippen MR) is 74.6 cm³/mol. The van der Waals surface area contributed by atoms with Crippen molar-refractivity contribution in [2.75, 3.05) is 13.7 Å². The third-order valence-electron chi connectivity index (χ3n) is 3.37. The Morgan fingerprint density at radius 1 is 1.32 bits per heavy atom. The van der Waals surface area contributed by atoms with E-state index in [9.17, 15) is 4.79 Å². The minimum atomic E-state index is -0.265. The summed E-state index contributed by atoms with van der Waals surface area (Å²) in [5, 5.41) is 3.27. The van der Waals surface area contributed by atoms with E-state index in [0.717, 1.165) is 13.1 Å². The highest BCUT2D eigenvalue weighted by Crippen LogP contribution is 2.22. The first-order valence-electron chi connectivity index (χ1n) is 6.73. The highest BCUT2D eigenvalue weighted by molar-refractivity contribution is 5.76. The van der Waals surface area contributed by atoms with Crippen LogP contribution in [0.25, 0.3) is 0 Å². The number of carbonyl (C=O) groups excluding carboxylic acids is 1. The van der Waals surface area contributed by atoms with E-state index in [1.54, 1.807) is 0 Å². The number of benzene rings is 1. The van der Waals surface area contributed by atoms with Gasteiger partial charge in [-0.05, 0) is 11.1 Å². The molecule has 4 heteroatoms. The van der Waals surface area contributed by atoms with Gasteiger partial charge in [0, 0.05) is 25.7 Å². The first-order valence-corrected chi connectivity index (χ1v) is 6.73. The van der Waals surface area contributed by atoms with Gasteiger partial charge in [-0.2, -0.15) is 0 Å². The average molecular weight is 262 g/mol. The largest absolute Gasteiger partial charge is 0.468 e. The maximum Gasteiger partial charge on any atom is 0.324 e. The third kappa shape index (κ3) is 3.55. The molecular weight excluding hydrogens is 240 g/mol. The van der Waals surface area contributed by atoms with Crippen LogP contribution in [0.1, 0.15) is 25.0 Å². The molecule has 104 valence electrons. The van der Waals surface area contributed by atoms with Gasteiger partial charge in [-0.15, -0.1) is 0 Å². The van der Waals surface area contributed by atoms with Gasteiger partial charge in [0.25, 0.3) is 0 Å². The van der Waals surface area contributed by atoms with E-state index in [4.69, 9.17) is 4.74 Å². The Bertz CT molecular complexity index is 421. The van der Waals surface area contributed by atoms with Crippen LogP contribution in [0.4, 0.5) is 0 Å². The molecule has 1 N–H and O–H groups in total. The van der Waals surface area contributed by atoms with Crippen molar-refractivity contribution >= 4 is 5.97 Å². The van der Waals surface area contributed by atoms with Gasteiger partial charge in [-0.3, -0.25) is 9.69 Å². The van der Waals surface area contributed by atoms with Crippen LogP contribution in [-0.4, -0.2) is 36.6 Å². The molecule has 0 aliphatic carbocycles. The minimum absolute atomic E-state index is 0.190. The summed E-state index contributed by atoms with van der Waals surface area (Å²) >= 11 is 0. The Morgan fingerprint density at radius 2 is 1.89 bits per heavy atom. The van der Waals surface area contributed by atoms with Crippen LogP contribution < -0.4 is 5.32 Å². The van der Waals surface area contributed by atoms with Crippen molar-refractivity contribution in [3.8, 4) is 0 Å². The van der Waals surface area contributed by atoms with Crippen molar-refractivity contribution in [3.63, 3.8) is 0 Å². The van der Waals surface area contributed by atoms with E-state index >= 15 is 0 Å². The van der Waals surface area contributed by atoms with Crippen molar-refractivity contribution in [1.29, 1.82) is 0 Å². The molecule has 0 radical (unpaired) electrons. The van der Waals surface area contributed by atoms with Crippen molar-refractivity contribution in [2.24, 2.45) is 0 Å². The summed E-state index contributed by atoms with van der Waals surface area (Å²) in [6.07, 6.45) is 0. The second-order valence-corrected chi connectivity index (χ2v) is 5.34. The molecule has 1 unspecified atom stereocenters. The smallest absolute Gasteiger partial charge is 0.324 e. The molecule has 4 nitrogen and oxygen atoms in total. The van der Waals surface area contributed by atoms with Gasteiger partial charge in [0.1, 0.15) is 6.04 Å². The molecule has 1 aliphatic heterocycles. The summed E-state index contributed by atoms with van der Waals surface area (Å²) in [6.45, 7) is 6.57. The van der Waals surface area contributed by atoms with Gasteiger partial charge in [-0.25, -0.2) is 0 Å². The first kappa shape index (κ1) is 14.0. The Labute approximate surface area is 114 Å². The van der Waals surface area contributed by atoms with E-state index in [1.165, 1.54) is 18.2 Å². The average Bonchev–Trinajstić information content (AvgIpc) is 2.78.